The summed E-state index contributed by atoms with van der Waals surface area (Å²) in [4.78, 5) is 0.294. The second-order valence-corrected chi connectivity index (χ2v) is 5.64. The van der Waals surface area contributed by atoms with Crippen LogP contribution in [0.4, 0.5) is 5.69 Å². The van der Waals surface area contributed by atoms with Gasteiger partial charge in [0.15, 0.2) is 0 Å². The molecular formula is C9H12N2O2S. The van der Waals surface area contributed by atoms with Crippen molar-refractivity contribution in [2.45, 2.75) is 24.3 Å². The van der Waals surface area contributed by atoms with Gasteiger partial charge in [-0.1, -0.05) is 6.07 Å². The third kappa shape index (κ3) is 1.20. The average molecular weight is 212 g/mol. The van der Waals surface area contributed by atoms with Crippen molar-refractivity contribution in [3.63, 3.8) is 0 Å². The van der Waals surface area contributed by atoms with E-state index in [4.69, 9.17) is 5.73 Å². The molecule has 0 radical (unpaired) electrons. The van der Waals surface area contributed by atoms with E-state index in [2.05, 4.69) is 4.72 Å². The molecule has 0 saturated heterocycles. The third-order valence-electron chi connectivity index (χ3n) is 2.36. The van der Waals surface area contributed by atoms with E-state index >= 15 is 0 Å². The first-order chi connectivity index (χ1) is 6.33. The van der Waals surface area contributed by atoms with E-state index in [-0.39, 0.29) is 0 Å². The highest BCUT2D eigenvalue weighted by molar-refractivity contribution is 7.89. The molecule has 1 aromatic rings. The highest BCUT2D eigenvalue weighted by Crippen LogP contribution is 2.35. The summed E-state index contributed by atoms with van der Waals surface area (Å²) in [5.74, 6) is 0. The summed E-state index contributed by atoms with van der Waals surface area (Å²) in [5, 5.41) is 0. The molecule has 0 amide bonds. The maximum absolute atomic E-state index is 11.7. The van der Waals surface area contributed by atoms with Crippen LogP contribution in [-0.2, 0) is 15.6 Å². The van der Waals surface area contributed by atoms with Gasteiger partial charge in [-0.05, 0) is 31.5 Å². The molecule has 1 aromatic carbocycles. The van der Waals surface area contributed by atoms with Gasteiger partial charge in [0.25, 0.3) is 0 Å². The molecule has 0 saturated carbocycles. The van der Waals surface area contributed by atoms with Crippen LogP contribution >= 0.6 is 0 Å². The van der Waals surface area contributed by atoms with Crippen LogP contribution in [0.25, 0.3) is 0 Å². The molecule has 14 heavy (non-hydrogen) atoms. The fourth-order valence-electron chi connectivity index (χ4n) is 1.72. The second-order valence-electron chi connectivity index (χ2n) is 3.99. The van der Waals surface area contributed by atoms with Crippen LogP contribution in [0, 0.1) is 0 Å². The van der Waals surface area contributed by atoms with Gasteiger partial charge in [-0.2, -0.15) is 0 Å². The van der Waals surface area contributed by atoms with Crippen molar-refractivity contribution in [2.75, 3.05) is 5.73 Å². The van der Waals surface area contributed by atoms with E-state index in [0.29, 0.717) is 10.6 Å². The van der Waals surface area contributed by atoms with Crippen LogP contribution in [0.5, 0.6) is 0 Å². The Hall–Kier alpha value is -1.07. The minimum Gasteiger partial charge on any atom is -0.399 e. The van der Waals surface area contributed by atoms with E-state index in [1.807, 2.05) is 13.8 Å². The number of hydrogen-bond acceptors (Lipinski definition) is 3. The van der Waals surface area contributed by atoms with E-state index in [1.165, 1.54) is 6.07 Å². The Morgan fingerprint density at radius 3 is 2.64 bits per heavy atom. The van der Waals surface area contributed by atoms with Crippen LogP contribution in [-0.4, -0.2) is 8.42 Å². The lowest BCUT2D eigenvalue weighted by Gasteiger charge is -2.17. The zero-order valence-electron chi connectivity index (χ0n) is 8.03. The number of benzene rings is 1. The van der Waals surface area contributed by atoms with Crippen molar-refractivity contribution in [2.24, 2.45) is 0 Å². The van der Waals surface area contributed by atoms with Gasteiger partial charge in [-0.3, -0.25) is 0 Å². The lowest BCUT2D eigenvalue weighted by molar-refractivity contribution is 0.494. The van der Waals surface area contributed by atoms with Crippen molar-refractivity contribution < 1.29 is 8.42 Å². The maximum atomic E-state index is 11.7. The molecule has 76 valence electrons. The zero-order valence-corrected chi connectivity index (χ0v) is 8.85. The Bertz CT molecular complexity index is 492. The largest absolute Gasteiger partial charge is 0.399 e. The summed E-state index contributed by atoms with van der Waals surface area (Å²) in [7, 11) is -3.37. The van der Waals surface area contributed by atoms with Gasteiger partial charge in [-0.25, -0.2) is 13.1 Å². The maximum Gasteiger partial charge on any atom is 0.241 e. The molecule has 1 aliphatic rings. The molecule has 2 rings (SSSR count). The van der Waals surface area contributed by atoms with Gasteiger partial charge in [0.1, 0.15) is 0 Å². The van der Waals surface area contributed by atoms with Crippen molar-refractivity contribution in [1.29, 1.82) is 0 Å². The summed E-state index contributed by atoms with van der Waals surface area (Å²) in [6.45, 7) is 3.65. The quantitative estimate of drug-likeness (QED) is 0.625. The molecule has 1 aliphatic heterocycles. The molecule has 0 aliphatic carbocycles. The van der Waals surface area contributed by atoms with Gasteiger partial charge >= 0.3 is 0 Å². The normalized spacial score (nSPS) is 21.9. The molecule has 4 nitrogen and oxygen atoms in total. The van der Waals surface area contributed by atoms with E-state index < -0.39 is 15.6 Å². The lowest BCUT2D eigenvalue weighted by atomic mass is 9.96. The minimum absolute atomic E-state index is 0.294. The number of nitrogens with two attached hydrogens (primary N) is 1. The standard InChI is InChI=1S/C9H12N2O2S/c1-9(2)7-4-3-6(10)5-8(7)14(12,13)11-9/h3-5,11H,10H2,1-2H3. The average Bonchev–Trinajstić information content (AvgIpc) is 2.17. The van der Waals surface area contributed by atoms with Crippen LogP contribution in [0.3, 0.4) is 0 Å². The fourth-order valence-corrected chi connectivity index (χ4v) is 3.52. The molecule has 5 heteroatoms. The Morgan fingerprint density at radius 2 is 2.00 bits per heavy atom. The van der Waals surface area contributed by atoms with Gasteiger partial charge in [0.05, 0.1) is 10.4 Å². The topological polar surface area (TPSA) is 72.2 Å². The molecule has 3 N–H and O–H groups in total. The monoisotopic (exact) mass is 212 g/mol. The SMILES string of the molecule is CC1(C)NS(=O)(=O)c2cc(N)ccc21. The van der Waals surface area contributed by atoms with Crippen molar-refractivity contribution in [3.8, 4) is 0 Å². The Kier molecular flexibility index (Phi) is 1.69. The molecule has 1 heterocycles. The first-order valence-electron chi connectivity index (χ1n) is 4.27. The van der Waals surface area contributed by atoms with E-state index in [9.17, 15) is 8.42 Å². The van der Waals surface area contributed by atoms with Crippen LogP contribution in [0.1, 0.15) is 19.4 Å². The molecule has 0 aromatic heterocycles. The van der Waals surface area contributed by atoms with Crippen LogP contribution < -0.4 is 10.5 Å². The van der Waals surface area contributed by atoms with Crippen molar-refractivity contribution >= 4 is 15.7 Å². The third-order valence-corrected chi connectivity index (χ3v) is 4.05. The first kappa shape index (κ1) is 9.48. The first-order valence-corrected chi connectivity index (χ1v) is 5.75. The Labute approximate surface area is 83.2 Å². The number of anilines is 1. The minimum atomic E-state index is -3.37. The number of rotatable bonds is 0. The molecule has 0 spiro atoms. The lowest BCUT2D eigenvalue weighted by Crippen LogP contribution is -2.32. The van der Waals surface area contributed by atoms with E-state index in [1.54, 1.807) is 12.1 Å². The van der Waals surface area contributed by atoms with Gasteiger partial charge in [0, 0.05) is 5.69 Å². The van der Waals surface area contributed by atoms with E-state index in [0.717, 1.165) is 5.56 Å². The fraction of sp³-hybridized carbons (Fsp3) is 0.333. The summed E-state index contributed by atoms with van der Waals surface area (Å²) in [6, 6.07) is 4.96. The highest BCUT2D eigenvalue weighted by atomic mass is 32.2. The molecule has 0 fully saturated rings. The van der Waals surface area contributed by atoms with Crippen molar-refractivity contribution in [1.82, 2.24) is 4.72 Å². The van der Waals surface area contributed by atoms with Gasteiger partial charge < -0.3 is 5.73 Å². The highest BCUT2D eigenvalue weighted by Gasteiger charge is 2.39. The summed E-state index contributed by atoms with van der Waals surface area (Å²) < 4.78 is 25.9. The Morgan fingerprint density at radius 1 is 1.36 bits per heavy atom. The molecule has 0 bridgehead atoms. The van der Waals surface area contributed by atoms with Gasteiger partial charge in [-0.15, -0.1) is 0 Å². The molecular weight excluding hydrogens is 200 g/mol. The summed E-state index contributed by atoms with van der Waals surface area (Å²) >= 11 is 0. The molecule has 0 unspecified atom stereocenters. The number of sulfonamides is 1. The predicted octanol–water partition coefficient (Wildman–Crippen LogP) is 0.796. The second kappa shape index (κ2) is 2.49. The summed E-state index contributed by atoms with van der Waals surface area (Å²) in [6.07, 6.45) is 0. The van der Waals surface area contributed by atoms with Crippen LogP contribution in [0.15, 0.2) is 23.1 Å². The summed E-state index contributed by atoms with van der Waals surface area (Å²) in [5.41, 5.74) is 6.24. The number of hydrogen-bond donors (Lipinski definition) is 2. The van der Waals surface area contributed by atoms with Crippen LogP contribution in [0.2, 0.25) is 0 Å². The smallest absolute Gasteiger partial charge is 0.241 e. The zero-order chi connectivity index (χ0) is 10.6. The van der Waals surface area contributed by atoms with Gasteiger partial charge in [0.2, 0.25) is 10.0 Å². The molecule has 0 atom stereocenters. The number of fused-ring (bicyclic) bond motifs is 1. The number of nitrogen functional groups attached to an aromatic ring is 1. The Balaban J connectivity index is 2.79. The van der Waals surface area contributed by atoms with Crippen molar-refractivity contribution in [3.05, 3.63) is 23.8 Å². The number of nitrogens with one attached hydrogen (secondary N) is 1. The predicted molar refractivity (Wildman–Crippen MR) is 54.2 cm³/mol.